The lowest BCUT2D eigenvalue weighted by Crippen LogP contribution is -2.16. The third-order valence-corrected chi connectivity index (χ3v) is 4.38. The molecule has 2 heterocycles. The Kier molecular flexibility index (Phi) is 5.17. The molecule has 29 heavy (non-hydrogen) atoms. The molecule has 0 radical (unpaired) electrons. The fraction of sp³-hybridized carbons (Fsp3) is 0.0952. The van der Waals surface area contributed by atoms with Gasteiger partial charge in [-0.25, -0.2) is 13.9 Å². The second-order valence-corrected chi connectivity index (χ2v) is 6.42. The molecule has 3 N–H and O–H groups in total. The van der Waals surface area contributed by atoms with Crippen LogP contribution in [0, 0.1) is 5.82 Å². The summed E-state index contributed by atoms with van der Waals surface area (Å²) in [6.45, 7) is 0.408. The van der Waals surface area contributed by atoms with Crippen LogP contribution >= 0.6 is 0 Å². The number of halogens is 1. The van der Waals surface area contributed by atoms with Gasteiger partial charge in [-0.1, -0.05) is 24.3 Å². The van der Waals surface area contributed by atoms with Crippen LogP contribution in [-0.2, 0) is 13.2 Å². The fourth-order valence-corrected chi connectivity index (χ4v) is 2.81. The molecular formula is C21H18FN5O2. The van der Waals surface area contributed by atoms with E-state index in [1.807, 2.05) is 0 Å². The van der Waals surface area contributed by atoms with Gasteiger partial charge in [0.05, 0.1) is 12.8 Å². The highest BCUT2D eigenvalue weighted by molar-refractivity contribution is 6.03. The number of nitrogens with one attached hydrogen (secondary N) is 2. The number of nitrogens with zero attached hydrogens (tertiary/aromatic N) is 3. The first-order chi connectivity index (χ1) is 14.1. The molecule has 2 aromatic carbocycles. The van der Waals surface area contributed by atoms with Crippen LogP contribution in [0.4, 0.5) is 15.9 Å². The number of anilines is 2. The van der Waals surface area contributed by atoms with Gasteiger partial charge >= 0.3 is 0 Å². The van der Waals surface area contributed by atoms with Crippen LogP contribution in [0.2, 0.25) is 0 Å². The van der Waals surface area contributed by atoms with Gasteiger partial charge in [0, 0.05) is 12.2 Å². The van der Waals surface area contributed by atoms with Crippen molar-refractivity contribution in [3.63, 3.8) is 0 Å². The van der Waals surface area contributed by atoms with E-state index in [1.54, 1.807) is 48.5 Å². The van der Waals surface area contributed by atoms with E-state index in [0.29, 0.717) is 23.7 Å². The Morgan fingerprint density at radius 3 is 2.45 bits per heavy atom. The van der Waals surface area contributed by atoms with E-state index in [2.05, 4.69) is 20.7 Å². The molecule has 146 valence electrons. The van der Waals surface area contributed by atoms with Crippen molar-refractivity contribution in [2.24, 2.45) is 0 Å². The number of aliphatic hydroxyl groups is 1. The van der Waals surface area contributed by atoms with Crippen molar-refractivity contribution < 1.29 is 14.3 Å². The third kappa shape index (κ3) is 4.22. The smallest absolute Gasteiger partial charge is 0.276 e. The summed E-state index contributed by atoms with van der Waals surface area (Å²) in [7, 11) is 0. The molecule has 4 aromatic rings. The van der Waals surface area contributed by atoms with Crippen LogP contribution in [0.1, 0.15) is 21.6 Å². The van der Waals surface area contributed by atoms with Gasteiger partial charge in [-0.15, -0.1) is 5.10 Å². The zero-order chi connectivity index (χ0) is 20.2. The largest absolute Gasteiger partial charge is 0.392 e. The van der Waals surface area contributed by atoms with E-state index in [0.717, 1.165) is 11.1 Å². The molecule has 0 fully saturated rings. The third-order valence-electron chi connectivity index (χ3n) is 4.38. The number of aromatic nitrogens is 3. The Morgan fingerprint density at radius 1 is 1.00 bits per heavy atom. The van der Waals surface area contributed by atoms with E-state index in [4.69, 9.17) is 5.11 Å². The Labute approximate surface area is 165 Å². The second kappa shape index (κ2) is 8.07. The molecule has 0 aliphatic rings. The van der Waals surface area contributed by atoms with E-state index in [9.17, 15) is 9.18 Å². The van der Waals surface area contributed by atoms with Crippen molar-refractivity contribution in [1.82, 2.24) is 14.6 Å². The first-order valence-electron chi connectivity index (χ1n) is 8.96. The average molecular weight is 391 g/mol. The first-order valence-corrected chi connectivity index (χ1v) is 8.96. The summed E-state index contributed by atoms with van der Waals surface area (Å²) in [4.78, 5) is 16.9. The maximum atomic E-state index is 13.0. The van der Waals surface area contributed by atoms with E-state index >= 15 is 0 Å². The molecule has 0 saturated carbocycles. The van der Waals surface area contributed by atoms with E-state index in [-0.39, 0.29) is 24.0 Å². The number of hydrogen-bond donors (Lipinski definition) is 3. The number of benzene rings is 2. The standard InChI is InChI=1S/C21H18FN5O2/c22-16-5-1-14(2-6-16)11-23-19-9-10-20-24-12-18(27(20)26-19)21(29)25-17-7-3-15(13-28)4-8-17/h1-10,12,28H,11,13H2,(H,23,26)(H,25,29). The molecule has 0 saturated heterocycles. The summed E-state index contributed by atoms with van der Waals surface area (Å²) in [6, 6.07) is 16.6. The number of rotatable bonds is 6. The quantitative estimate of drug-likeness (QED) is 0.469. The molecule has 4 rings (SSSR count). The highest BCUT2D eigenvalue weighted by Gasteiger charge is 2.14. The summed E-state index contributed by atoms with van der Waals surface area (Å²) in [5.41, 5.74) is 3.10. The van der Waals surface area contributed by atoms with E-state index < -0.39 is 0 Å². The van der Waals surface area contributed by atoms with Gasteiger partial charge in [0.1, 0.15) is 11.6 Å². The van der Waals surface area contributed by atoms with Crippen molar-refractivity contribution in [3.05, 3.63) is 89.5 Å². The number of carbonyl (C=O) groups is 1. The summed E-state index contributed by atoms with van der Waals surface area (Å²) in [6.07, 6.45) is 1.46. The molecule has 2 aromatic heterocycles. The normalized spacial score (nSPS) is 10.8. The van der Waals surface area contributed by atoms with Gasteiger partial charge < -0.3 is 15.7 Å². The zero-order valence-corrected chi connectivity index (χ0v) is 15.3. The van der Waals surface area contributed by atoms with Crippen molar-refractivity contribution >= 4 is 23.1 Å². The number of aliphatic hydroxyl groups excluding tert-OH is 1. The summed E-state index contributed by atoms with van der Waals surface area (Å²) >= 11 is 0. The molecule has 7 nitrogen and oxygen atoms in total. The summed E-state index contributed by atoms with van der Waals surface area (Å²) < 4.78 is 14.5. The molecule has 1 amide bonds. The van der Waals surface area contributed by atoms with Gasteiger partial charge in [-0.3, -0.25) is 4.79 Å². The first kappa shape index (κ1) is 18.6. The van der Waals surface area contributed by atoms with Crippen LogP contribution in [0.5, 0.6) is 0 Å². The number of fused-ring (bicyclic) bond motifs is 1. The van der Waals surface area contributed by atoms with Gasteiger partial charge in [-0.05, 0) is 47.5 Å². The highest BCUT2D eigenvalue weighted by atomic mass is 19.1. The van der Waals surface area contributed by atoms with Crippen molar-refractivity contribution in [2.75, 3.05) is 10.6 Å². The van der Waals surface area contributed by atoms with Gasteiger partial charge in [-0.2, -0.15) is 0 Å². The van der Waals surface area contributed by atoms with Crippen LogP contribution in [0.15, 0.2) is 66.9 Å². The minimum atomic E-state index is -0.350. The lowest BCUT2D eigenvalue weighted by Gasteiger charge is -2.08. The predicted molar refractivity (Wildman–Crippen MR) is 107 cm³/mol. The molecule has 0 aliphatic heterocycles. The minimum Gasteiger partial charge on any atom is -0.392 e. The molecule has 0 unspecified atom stereocenters. The lowest BCUT2D eigenvalue weighted by molar-refractivity contribution is 0.102. The molecule has 0 bridgehead atoms. The SMILES string of the molecule is O=C(Nc1ccc(CO)cc1)c1cnc2ccc(NCc3ccc(F)cc3)nn12. The Balaban J connectivity index is 1.51. The zero-order valence-electron chi connectivity index (χ0n) is 15.3. The molecule has 0 atom stereocenters. The number of amides is 1. The monoisotopic (exact) mass is 391 g/mol. The summed E-state index contributed by atoms with van der Waals surface area (Å²) in [5.74, 6) is -0.0769. The second-order valence-electron chi connectivity index (χ2n) is 6.42. The van der Waals surface area contributed by atoms with E-state index in [1.165, 1.54) is 22.8 Å². The fourth-order valence-electron chi connectivity index (χ4n) is 2.81. The van der Waals surface area contributed by atoms with Crippen LogP contribution in [0.25, 0.3) is 5.65 Å². The molecule has 0 spiro atoms. The number of hydrogen-bond acceptors (Lipinski definition) is 5. The van der Waals surface area contributed by atoms with Crippen LogP contribution in [-0.4, -0.2) is 25.6 Å². The van der Waals surface area contributed by atoms with Crippen molar-refractivity contribution in [1.29, 1.82) is 0 Å². The van der Waals surface area contributed by atoms with Gasteiger partial charge in [0.15, 0.2) is 11.3 Å². The number of carbonyl (C=O) groups excluding carboxylic acids is 1. The molecular weight excluding hydrogens is 373 g/mol. The maximum absolute atomic E-state index is 13.0. The lowest BCUT2D eigenvalue weighted by atomic mass is 10.2. The van der Waals surface area contributed by atoms with Crippen molar-refractivity contribution in [2.45, 2.75) is 13.2 Å². The minimum absolute atomic E-state index is 0.0564. The van der Waals surface area contributed by atoms with Gasteiger partial charge in [0.2, 0.25) is 0 Å². The summed E-state index contributed by atoms with van der Waals surface area (Å²) in [5, 5.41) is 19.5. The average Bonchev–Trinajstić information content (AvgIpc) is 3.17. The van der Waals surface area contributed by atoms with Crippen LogP contribution < -0.4 is 10.6 Å². The molecule has 8 heteroatoms. The van der Waals surface area contributed by atoms with Crippen molar-refractivity contribution in [3.8, 4) is 0 Å². The molecule has 0 aliphatic carbocycles. The number of imidazole rings is 1. The van der Waals surface area contributed by atoms with Gasteiger partial charge in [0.25, 0.3) is 5.91 Å². The Morgan fingerprint density at radius 2 is 1.72 bits per heavy atom. The maximum Gasteiger partial charge on any atom is 0.276 e. The predicted octanol–water partition coefficient (Wildman–Crippen LogP) is 3.23. The highest BCUT2D eigenvalue weighted by Crippen LogP contribution is 2.14. The Bertz CT molecular complexity index is 1140. The Hall–Kier alpha value is -3.78. The van der Waals surface area contributed by atoms with Crippen LogP contribution in [0.3, 0.4) is 0 Å². The topological polar surface area (TPSA) is 91.5 Å².